The fourth-order valence-electron chi connectivity index (χ4n) is 1.79. The molecule has 23 heavy (non-hydrogen) atoms. The molecule has 0 amide bonds. The fraction of sp³-hybridized carbons (Fsp3) is 0.0500. The second kappa shape index (κ2) is 9.62. The average molecular weight is 342 g/mol. The quantitative estimate of drug-likeness (QED) is 0.339. The van der Waals surface area contributed by atoms with Crippen LogP contribution in [0.2, 0.25) is 0 Å². The fourth-order valence-corrected chi connectivity index (χ4v) is 1.79. The van der Waals surface area contributed by atoms with Crippen LogP contribution >= 0.6 is 0 Å². The van der Waals surface area contributed by atoms with Crippen LogP contribution in [0.15, 0.2) is 54.6 Å². The zero-order valence-electron chi connectivity index (χ0n) is 12.5. The Balaban J connectivity index is 0.000000377. The van der Waals surface area contributed by atoms with Crippen LogP contribution in [0, 0.1) is 31.2 Å². The van der Waals surface area contributed by atoms with Crippen molar-refractivity contribution in [3.63, 3.8) is 0 Å². The number of ketones is 1. The molecule has 0 saturated heterocycles. The van der Waals surface area contributed by atoms with Gasteiger partial charge >= 0.3 is 0 Å². The number of benzene rings is 1. The number of allylic oxidation sites excluding steroid dienone is 1. The molecule has 0 aliphatic heterocycles. The van der Waals surface area contributed by atoms with E-state index in [9.17, 15) is 9.90 Å². The van der Waals surface area contributed by atoms with E-state index >= 15 is 0 Å². The van der Waals surface area contributed by atoms with E-state index in [1.54, 1.807) is 24.3 Å². The molecule has 0 unspecified atom stereocenters. The topological polar surface area (TPSA) is 37.3 Å². The molecule has 120 valence electrons. The Kier molecular flexibility index (Phi) is 7.82. The van der Waals surface area contributed by atoms with E-state index < -0.39 is 0 Å². The molecule has 3 heteroatoms. The van der Waals surface area contributed by atoms with E-state index in [2.05, 4.69) is 24.3 Å². The number of phenols is 1. The molecule has 0 spiro atoms. The number of rotatable bonds is 3. The van der Waals surface area contributed by atoms with Crippen LogP contribution in [0.5, 0.6) is 5.75 Å². The number of hydrogen-bond acceptors (Lipinski definition) is 2. The summed E-state index contributed by atoms with van der Waals surface area (Å²) >= 11 is 0. The van der Waals surface area contributed by atoms with E-state index in [4.69, 9.17) is 0 Å². The van der Waals surface area contributed by atoms with Gasteiger partial charge in [-0.25, -0.2) is 0 Å². The van der Waals surface area contributed by atoms with Crippen LogP contribution in [0.25, 0.3) is 6.08 Å². The second-order valence-electron chi connectivity index (χ2n) is 4.62. The number of aryl methyl sites for hydroxylation is 1. The Morgan fingerprint density at radius 1 is 1.22 bits per heavy atom. The smallest absolute Gasteiger partial charge is 0.149 e. The van der Waals surface area contributed by atoms with Gasteiger partial charge in [0.05, 0.1) is 5.56 Å². The Hall–Kier alpha value is -2.35. The molecular weight excluding hydrogens is 328 g/mol. The summed E-state index contributed by atoms with van der Waals surface area (Å²) in [7, 11) is 0. The summed E-state index contributed by atoms with van der Waals surface area (Å²) in [6.45, 7) is 1.87. The first-order valence-electron chi connectivity index (χ1n) is 6.73. The summed E-state index contributed by atoms with van der Waals surface area (Å²) in [6.07, 6.45) is 3.21. The molecule has 0 atom stereocenters. The standard InChI is InChI=1S/C15H13O2.C5H.Fe/c1-11-6-8-13(15(17)10-11)14(16)9-7-12-4-2-3-5-12;1-2-4-5-3-1;/h2-10,17H,1H3;1H;/q-1;-5;. The van der Waals surface area contributed by atoms with Crippen LogP contribution in [0.1, 0.15) is 21.5 Å². The van der Waals surface area contributed by atoms with Gasteiger partial charge in [0.2, 0.25) is 0 Å². The van der Waals surface area contributed by atoms with E-state index in [-0.39, 0.29) is 28.6 Å². The maximum absolute atomic E-state index is 11.8. The van der Waals surface area contributed by atoms with Gasteiger partial charge in [-0.15, -0.1) is 23.8 Å². The van der Waals surface area contributed by atoms with E-state index in [1.165, 1.54) is 6.08 Å². The number of aromatic hydroxyl groups is 1. The van der Waals surface area contributed by atoms with Crippen molar-refractivity contribution in [2.24, 2.45) is 0 Å². The third-order valence-corrected chi connectivity index (χ3v) is 2.89. The van der Waals surface area contributed by atoms with Crippen LogP contribution in [-0.4, -0.2) is 10.9 Å². The molecule has 0 heterocycles. The molecule has 0 fully saturated rings. The SMILES string of the molecule is Cc1ccc(C(=O)C=C[c-]2cccc2)c(O)c1.[Fe].[c-]1[c-][c-][cH-][c-]1. The van der Waals surface area contributed by atoms with Crippen molar-refractivity contribution in [2.75, 3.05) is 0 Å². The minimum absolute atomic E-state index is 0. The first-order valence-corrected chi connectivity index (χ1v) is 6.73. The Labute approximate surface area is 147 Å². The summed E-state index contributed by atoms with van der Waals surface area (Å²) in [5, 5.41) is 9.66. The van der Waals surface area contributed by atoms with Gasteiger partial charge < -0.3 is 40.2 Å². The molecule has 0 bridgehead atoms. The predicted octanol–water partition coefficient (Wildman–Crippen LogP) is 3.92. The number of carbonyl (C=O) groups excluding carboxylic acids is 1. The van der Waals surface area contributed by atoms with Crippen molar-refractivity contribution in [1.82, 2.24) is 0 Å². The van der Waals surface area contributed by atoms with Crippen molar-refractivity contribution >= 4 is 11.9 Å². The molecule has 0 saturated carbocycles. The van der Waals surface area contributed by atoms with Crippen LogP contribution in [-0.2, 0) is 17.1 Å². The molecule has 3 rings (SSSR count). The summed E-state index contributed by atoms with van der Waals surface area (Å²) in [5.74, 6) is -0.161. The Bertz CT molecular complexity index is 706. The van der Waals surface area contributed by atoms with Crippen molar-refractivity contribution in [3.05, 3.63) is 95.6 Å². The number of carbonyl (C=O) groups is 1. The normalized spacial score (nSPS) is 9.78. The summed E-state index contributed by atoms with van der Waals surface area (Å²) in [6, 6.07) is 24.7. The van der Waals surface area contributed by atoms with E-state index in [0.717, 1.165) is 11.1 Å². The van der Waals surface area contributed by atoms with Gasteiger partial charge in [-0.3, -0.25) is 0 Å². The Morgan fingerprint density at radius 3 is 2.39 bits per heavy atom. The van der Waals surface area contributed by atoms with Gasteiger partial charge in [0, 0.05) is 17.1 Å². The molecule has 0 aromatic heterocycles. The zero-order chi connectivity index (χ0) is 15.8. The molecule has 3 aromatic carbocycles. The zero-order valence-corrected chi connectivity index (χ0v) is 13.6. The molecule has 0 aliphatic rings. The van der Waals surface area contributed by atoms with Crippen LogP contribution in [0.4, 0.5) is 0 Å². The molecular formula is C20H14FeO2-6. The van der Waals surface area contributed by atoms with Crippen LogP contribution < -0.4 is 0 Å². The number of phenolic OH excluding ortho intramolecular Hbond substituents is 1. The number of hydrogen-bond donors (Lipinski definition) is 1. The van der Waals surface area contributed by atoms with Gasteiger partial charge in [-0.1, -0.05) is 12.1 Å². The average Bonchev–Trinajstić information content (AvgIpc) is 3.21. The third kappa shape index (κ3) is 6.11. The summed E-state index contributed by atoms with van der Waals surface area (Å²) < 4.78 is 0. The first-order chi connectivity index (χ1) is 10.7. The van der Waals surface area contributed by atoms with E-state index in [1.807, 2.05) is 37.3 Å². The molecule has 2 nitrogen and oxygen atoms in total. The van der Waals surface area contributed by atoms with Crippen molar-refractivity contribution in [2.45, 2.75) is 6.92 Å². The minimum Gasteiger partial charge on any atom is -0.999 e. The second-order valence-corrected chi connectivity index (χ2v) is 4.62. The van der Waals surface area contributed by atoms with Crippen molar-refractivity contribution in [3.8, 4) is 5.75 Å². The van der Waals surface area contributed by atoms with E-state index in [0.29, 0.717) is 5.56 Å². The summed E-state index contributed by atoms with van der Waals surface area (Å²) in [5.41, 5.74) is 2.24. The molecule has 1 N–H and O–H groups in total. The van der Waals surface area contributed by atoms with Gasteiger partial charge in [-0.05, 0) is 24.6 Å². The maximum atomic E-state index is 11.8. The van der Waals surface area contributed by atoms with Gasteiger partial charge in [0.1, 0.15) is 11.5 Å². The summed E-state index contributed by atoms with van der Waals surface area (Å²) in [4.78, 5) is 11.8. The van der Waals surface area contributed by atoms with Crippen molar-refractivity contribution < 1.29 is 27.0 Å². The van der Waals surface area contributed by atoms with Crippen LogP contribution in [0.3, 0.4) is 0 Å². The van der Waals surface area contributed by atoms with Gasteiger partial charge in [-0.2, -0.15) is 12.1 Å². The van der Waals surface area contributed by atoms with Gasteiger partial charge in [0.25, 0.3) is 0 Å². The monoisotopic (exact) mass is 342 g/mol. The first kappa shape index (κ1) is 18.7. The predicted molar refractivity (Wildman–Crippen MR) is 85.6 cm³/mol. The molecule has 0 aliphatic carbocycles. The van der Waals surface area contributed by atoms with Crippen molar-refractivity contribution in [1.29, 1.82) is 0 Å². The molecule has 0 radical (unpaired) electrons. The van der Waals surface area contributed by atoms with Gasteiger partial charge in [0.15, 0.2) is 0 Å². The minimum atomic E-state index is -0.191. The largest absolute Gasteiger partial charge is 0.999 e. The Morgan fingerprint density at radius 2 is 1.87 bits per heavy atom. The molecule has 3 aromatic rings. The third-order valence-electron chi connectivity index (χ3n) is 2.89. The maximum Gasteiger partial charge on any atom is 0.149 e.